The first kappa shape index (κ1) is 13.8. The van der Waals surface area contributed by atoms with E-state index in [0.717, 1.165) is 0 Å². The molecule has 0 aromatic rings. The number of carbonyl (C=O) groups excluding carboxylic acids is 2. The molecule has 1 saturated heterocycles. The Balaban J connectivity index is 2.74. The lowest BCUT2D eigenvalue weighted by Crippen LogP contribution is -2.42. The van der Waals surface area contributed by atoms with Crippen LogP contribution in [0.1, 0.15) is 34.6 Å². The van der Waals surface area contributed by atoms with Crippen molar-refractivity contribution in [3.05, 3.63) is 0 Å². The van der Waals surface area contributed by atoms with E-state index in [2.05, 4.69) is 5.32 Å². The Hall–Kier alpha value is -1.26. The van der Waals surface area contributed by atoms with E-state index >= 15 is 0 Å². The third-order valence-electron chi connectivity index (χ3n) is 2.37. The smallest absolute Gasteiger partial charge is 0.410 e. The zero-order valence-corrected chi connectivity index (χ0v) is 11.3. The highest BCUT2D eigenvalue weighted by Gasteiger charge is 2.32. The van der Waals surface area contributed by atoms with Crippen molar-refractivity contribution in [3.8, 4) is 0 Å². The van der Waals surface area contributed by atoms with Gasteiger partial charge in [-0.2, -0.15) is 0 Å². The molecule has 0 aromatic heterocycles. The number of carbonyl (C=O) groups is 2. The summed E-state index contributed by atoms with van der Waals surface area (Å²) >= 11 is 0. The van der Waals surface area contributed by atoms with Gasteiger partial charge in [0.05, 0.1) is 0 Å². The quantitative estimate of drug-likeness (QED) is 0.698. The van der Waals surface area contributed by atoms with Gasteiger partial charge >= 0.3 is 6.09 Å². The van der Waals surface area contributed by atoms with Crippen LogP contribution in [0, 0.1) is 5.41 Å². The molecule has 0 spiro atoms. The van der Waals surface area contributed by atoms with Crippen LogP contribution in [0.3, 0.4) is 0 Å². The van der Waals surface area contributed by atoms with E-state index < -0.39 is 11.7 Å². The summed E-state index contributed by atoms with van der Waals surface area (Å²) in [5.74, 6) is -0.138. The minimum Gasteiger partial charge on any atom is -0.444 e. The van der Waals surface area contributed by atoms with Crippen LogP contribution < -0.4 is 5.32 Å². The van der Waals surface area contributed by atoms with Crippen molar-refractivity contribution in [2.45, 2.75) is 40.2 Å². The number of nitrogens with zero attached hydrogens (tertiary/aromatic N) is 1. The predicted molar refractivity (Wildman–Crippen MR) is 64.6 cm³/mol. The molecule has 0 aliphatic carbocycles. The second kappa shape index (κ2) is 4.55. The third-order valence-corrected chi connectivity index (χ3v) is 2.37. The molecule has 0 saturated carbocycles. The molecular formula is C12H22N2O3. The van der Waals surface area contributed by atoms with Gasteiger partial charge in [0.15, 0.2) is 0 Å². The third kappa shape index (κ3) is 4.63. The Labute approximate surface area is 102 Å². The maximum absolute atomic E-state index is 11.9. The van der Waals surface area contributed by atoms with Crippen LogP contribution in [0.15, 0.2) is 0 Å². The van der Waals surface area contributed by atoms with Crippen molar-refractivity contribution in [2.24, 2.45) is 5.41 Å². The number of rotatable bonds is 0. The lowest BCUT2D eigenvalue weighted by molar-refractivity contribution is -0.121. The minimum absolute atomic E-state index is 0.0678. The molecule has 5 heteroatoms. The molecule has 1 N–H and O–H groups in total. The van der Waals surface area contributed by atoms with Gasteiger partial charge in [0.25, 0.3) is 0 Å². The Kier molecular flexibility index (Phi) is 3.69. The molecule has 1 heterocycles. The number of amides is 2. The fraction of sp³-hybridized carbons (Fsp3) is 0.833. The summed E-state index contributed by atoms with van der Waals surface area (Å²) in [6.45, 7) is 10.6. The van der Waals surface area contributed by atoms with E-state index in [-0.39, 0.29) is 17.9 Å². The summed E-state index contributed by atoms with van der Waals surface area (Å²) in [6, 6.07) is 0. The first-order valence-electron chi connectivity index (χ1n) is 5.84. The van der Waals surface area contributed by atoms with Gasteiger partial charge < -0.3 is 10.1 Å². The summed E-state index contributed by atoms with van der Waals surface area (Å²) in [7, 11) is 0. The highest BCUT2D eigenvalue weighted by molar-refractivity contribution is 5.82. The Morgan fingerprint density at radius 1 is 1.41 bits per heavy atom. The molecule has 1 rings (SSSR count). The molecule has 1 fully saturated rings. The van der Waals surface area contributed by atoms with Crippen molar-refractivity contribution in [2.75, 3.05) is 19.6 Å². The largest absolute Gasteiger partial charge is 0.444 e. The lowest BCUT2D eigenvalue weighted by Gasteiger charge is -2.30. The maximum atomic E-state index is 11.9. The van der Waals surface area contributed by atoms with Crippen molar-refractivity contribution >= 4 is 12.0 Å². The summed E-state index contributed by atoms with van der Waals surface area (Å²) in [6.07, 6.45) is -0.428. The van der Waals surface area contributed by atoms with Crippen molar-refractivity contribution in [1.29, 1.82) is 0 Å². The van der Waals surface area contributed by atoms with Gasteiger partial charge in [-0.3, -0.25) is 9.69 Å². The van der Waals surface area contributed by atoms with E-state index in [0.29, 0.717) is 13.1 Å². The molecular weight excluding hydrogens is 220 g/mol. The Bertz CT molecular complexity index is 318. The van der Waals surface area contributed by atoms with E-state index in [1.54, 1.807) is 0 Å². The topological polar surface area (TPSA) is 58.6 Å². The molecule has 1 aliphatic rings. The molecule has 5 nitrogen and oxygen atoms in total. The lowest BCUT2D eigenvalue weighted by atomic mass is 9.93. The van der Waals surface area contributed by atoms with Crippen molar-refractivity contribution < 1.29 is 14.3 Å². The van der Waals surface area contributed by atoms with Gasteiger partial charge in [-0.15, -0.1) is 0 Å². The van der Waals surface area contributed by atoms with E-state index in [4.69, 9.17) is 4.74 Å². The normalized spacial score (nSPS) is 20.5. The average Bonchev–Trinajstić information content (AvgIpc) is 2.23. The number of hydrogen-bond acceptors (Lipinski definition) is 3. The summed E-state index contributed by atoms with van der Waals surface area (Å²) in [5, 5.41) is 2.79. The SMILES string of the molecule is CC1(C)CNC(=O)CN(C(=O)OC(C)(C)C)C1. The zero-order chi connectivity index (χ0) is 13.3. The molecule has 0 bridgehead atoms. The highest BCUT2D eigenvalue weighted by atomic mass is 16.6. The zero-order valence-electron chi connectivity index (χ0n) is 11.3. The molecule has 0 aromatic carbocycles. The highest BCUT2D eigenvalue weighted by Crippen LogP contribution is 2.20. The van der Waals surface area contributed by atoms with Crippen LogP contribution in [-0.4, -0.2) is 42.1 Å². The van der Waals surface area contributed by atoms with Gasteiger partial charge in [0.2, 0.25) is 5.91 Å². The molecule has 0 unspecified atom stereocenters. The van der Waals surface area contributed by atoms with Gasteiger partial charge in [-0.25, -0.2) is 4.79 Å². The molecule has 17 heavy (non-hydrogen) atoms. The second-order valence-corrected chi connectivity index (χ2v) is 6.28. The first-order valence-corrected chi connectivity index (χ1v) is 5.84. The Morgan fingerprint density at radius 2 is 2.00 bits per heavy atom. The molecule has 0 radical (unpaired) electrons. The van der Waals surface area contributed by atoms with Crippen LogP contribution in [0.2, 0.25) is 0 Å². The molecule has 98 valence electrons. The van der Waals surface area contributed by atoms with Crippen LogP contribution in [0.4, 0.5) is 4.79 Å². The van der Waals surface area contributed by atoms with Crippen LogP contribution in [0.25, 0.3) is 0 Å². The average molecular weight is 242 g/mol. The van der Waals surface area contributed by atoms with Crippen LogP contribution >= 0.6 is 0 Å². The van der Waals surface area contributed by atoms with E-state index in [1.807, 2.05) is 34.6 Å². The summed E-state index contributed by atoms with van der Waals surface area (Å²) in [5.41, 5.74) is -0.674. The van der Waals surface area contributed by atoms with Crippen LogP contribution in [-0.2, 0) is 9.53 Å². The fourth-order valence-corrected chi connectivity index (χ4v) is 1.65. The van der Waals surface area contributed by atoms with Crippen molar-refractivity contribution in [3.63, 3.8) is 0 Å². The van der Waals surface area contributed by atoms with Crippen molar-refractivity contribution in [1.82, 2.24) is 10.2 Å². The van der Waals surface area contributed by atoms with Gasteiger partial charge in [-0.05, 0) is 26.2 Å². The first-order chi connectivity index (χ1) is 7.59. The van der Waals surface area contributed by atoms with E-state index in [1.165, 1.54) is 4.90 Å². The monoisotopic (exact) mass is 242 g/mol. The molecule has 2 amide bonds. The number of ether oxygens (including phenoxy) is 1. The van der Waals surface area contributed by atoms with Crippen LogP contribution in [0.5, 0.6) is 0 Å². The van der Waals surface area contributed by atoms with Gasteiger partial charge in [0.1, 0.15) is 12.1 Å². The summed E-state index contributed by atoms with van der Waals surface area (Å²) < 4.78 is 5.28. The van der Waals surface area contributed by atoms with Gasteiger partial charge in [-0.1, -0.05) is 13.8 Å². The summed E-state index contributed by atoms with van der Waals surface area (Å²) in [4.78, 5) is 24.9. The fourth-order valence-electron chi connectivity index (χ4n) is 1.65. The molecule has 0 atom stereocenters. The predicted octanol–water partition coefficient (Wildman–Crippen LogP) is 1.38. The Morgan fingerprint density at radius 3 is 2.53 bits per heavy atom. The maximum Gasteiger partial charge on any atom is 0.410 e. The molecule has 1 aliphatic heterocycles. The second-order valence-electron chi connectivity index (χ2n) is 6.28. The van der Waals surface area contributed by atoms with E-state index in [9.17, 15) is 9.59 Å². The minimum atomic E-state index is -0.538. The number of hydrogen-bond donors (Lipinski definition) is 1. The van der Waals surface area contributed by atoms with Gasteiger partial charge in [0, 0.05) is 13.1 Å². The number of nitrogens with one attached hydrogen (secondary N) is 1. The standard InChI is InChI=1S/C12H22N2O3/c1-11(2,3)17-10(16)14-6-9(15)13-7-12(4,5)8-14/h6-8H2,1-5H3,(H,13,15).